The van der Waals surface area contributed by atoms with Crippen molar-refractivity contribution in [3.05, 3.63) is 18.6 Å². The average Bonchev–Trinajstić information content (AvgIpc) is 2.56. The molecular formula is C12H17N3O2. The Labute approximate surface area is 100 Å². The zero-order valence-corrected chi connectivity index (χ0v) is 9.67. The number of carboxylic acids is 1. The summed E-state index contributed by atoms with van der Waals surface area (Å²) in [6.45, 7) is 0. The Kier molecular flexibility index (Phi) is 3.90. The first kappa shape index (κ1) is 11.8. The third-order valence-electron chi connectivity index (χ3n) is 3.23. The summed E-state index contributed by atoms with van der Waals surface area (Å²) >= 11 is 0. The topological polar surface area (TPSA) is 75.1 Å². The van der Waals surface area contributed by atoms with Crippen LogP contribution in [-0.4, -0.2) is 27.1 Å². The van der Waals surface area contributed by atoms with E-state index in [1.807, 2.05) is 0 Å². The molecule has 2 atom stereocenters. The third-order valence-corrected chi connectivity index (χ3v) is 3.23. The van der Waals surface area contributed by atoms with Crippen LogP contribution < -0.4 is 5.32 Å². The van der Waals surface area contributed by atoms with Gasteiger partial charge < -0.3 is 10.4 Å². The molecule has 5 nitrogen and oxygen atoms in total. The summed E-state index contributed by atoms with van der Waals surface area (Å²) < 4.78 is 0. The van der Waals surface area contributed by atoms with E-state index in [9.17, 15) is 9.90 Å². The van der Waals surface area contributed by atoms with E-state index in [2.05, 4.69) is 15.3 Å². The number of carbonyl (C=O) groups is 1. The SMILES string of the molecule is O=C(O)C1CCCCCC1Nc1cnccn1. The fourth-order valence-corrected chi connectivity index (χ4v) is 2.34. The lowest BCUT2D eigenvalue weighted by atomic mass is 9.95. The van der Waals surface area contributed by atoms with Gasteiger partial charge in [-0.15, -0.1) is 0 Å². The summed E-state index contributed by atoms with van der Waals surface area (Å²) in [6.07, 6.45) is 9.64. The van der Waals surface area contributed by atoms with Crippen LogP contribution >= 0.6 is 0 Å². The van der Waals surface area contributed by atoms with Gasteiger partial charge in [0.05, 0.1) is 12.1 Å². The van der Waals surface area contributed by atoms with Crippen molar-refractivity contribution in [3.63, 3.8) is 0 Å². The highest BCUT2D eigenvalue weighted by atomic mass is 16.4. The Morgan fingerprint density at radius 3 is 2.82 bits per heavy atom. The normalized spacial score (nSPS) is 24.9. The van der Waals surface area contributed by atoms with Crippen molar-refractivity contribution in [1.82, 2.24) is 9.97 Å². The van der Waals surface area contributed by atoms with Crippen LogP contribution in [0.2, 0.25) is 0 Å². The number of carboxylic acid groups (broad SMARTS) is 1. The maximum Gasteiger partial charge on any atom is 0.308 e. The summed E-state index contributed by atoms with van der Waals surface area (Å²) in [7, 11) is 0. The molecule has 1 aliphatic rings. The highest BCUT2D eigenvalue weighted by Gasteiger charge is 2.29. The summed E-state index contributed by atoms with van der Waals surface area (Å²) in [4.78, 5) is 19.3. The maximum atomic E-state index is 11.2. The van der Waals surface area contributed by atoms with Gasteiger partial charge >= 0.3 is 5.97 Å². The molecule has 2 unspecified atom stereocenters. The van der Waals surface area contributed by atoms with E-state index in [0.717, 1.165) is 32.1 Å². The zero-order valence-electron chi connectivity index (χ0n) is 9.67. The summed E-state index contributed by atoms with van der Waals surface area (Å²) in [5.41, 5.74) is 0. The van der Waals surface area contributed by atoms with Gasteiger partial charge in [0.1, 0.15) is 5.82 Å². The number of nitrogens with zero attached hydrogens (tertiary/aromatic N) is 2. The molecule has 0 spiro atoms. The van der Waals surface area contributed by atoms with Crippen LogP contribution in [0.4, 0.5) is 5.82 Å². The molecule has 1 saturated carbocycles. The molecule has 5 heteroatoms. The second kappa shape index (κ2) is 5.61. The van der Waals surface area contributed by atoms with Crippen molar-refractivity contribution in [1.29, 1.82) is 0 Å². The molecule has 1 aromatic rings. The van der Waals surface area contributed by atoms with E-state index >= 15 is 0 Å². The minimum Gasteiger partial charge on any atom is -0.481 e. The largest absolute Gasteiger partial charge is 0.481 e. The van der Waals surface area contributed by atoms with Gasteiger partial charge in [0.15, 0.2) is 0 Å². The highest BCUT2D eigenvalue weighted by Crippen LogP contribution is 2.25. The predicted molar refractivity (Wildman–Crippen MR) is 63.7 cm³/mol. The number of aliphatic carboxylic acids is 1. The highest BCUT2D eigenvalue weighted by molar-refractivity contribution is 5.71. The molecule has 0 amide bonds. The van der Waals surface area contributed by atoms with E-state index in [4.69, 9.17) is 0 Å². The fraction of sp³-hybridized carbons (Fsp3) is 0.583. The van der Waals surface area contributed by atoms with Gasteiger partial charge in [-0.1, -0.05) is 19.3 Å². The molecule has 1 fully saturated rings. The Bertz CT molecular complexity index is 369. The van der Waals surface area contributed by atoms with E-state index in [1.54, 1.807) is 18.6 Å². The van der Waals surface area contributed by atoms with Crippen molar-refractivity contribution in [2.24, 2.45) is 5.92 Å². The lowest BCUT2D eigenvalue weighted by Gasteiger charge is -2.23. The number of nitrogens with one attached hydrogen (secondary N) is 1. The van der Waals surface area contributed by atoms with Crippen molar-refractivity contribution in [2.75, 3.05) is 5.32 Å². The van der Waals surface area contributed by atoms with Crippen LogP contribution in [0.25, 0.3) is 0 Å². The lowest BCUT2D eigenvalue weighted by Crippen LogP contribution is -2.34. The zero-order chi connectivity index (χ0) is 12.1. The molecule has 2 rings (SSSR count). The standard InChI is InChI=1S/C12H17N3O2/c16-12(17)9-4-2-1-3-5-10(9)15-11-8-13-6-7-14-11/h6-10H,1-5H2,(H,14,15)(H,16,17). The first-order chi connectivity index (χ1) is 8.27. The molecule has 0 radical (unpaired) electrons. The Balaban J connectivity index is 2.07. The van der Waals surface area contributed by atoms with Gasteiger partial charge in [-0.3, -0.25) is 9.78 Å². The van der Waals surface area contributed by atoms with Crippen molar-refractivity contribution in [3.8, 4) is 0 Å². The van der Waals surface area contributed by atoms with Crippen molar-refractivity contribution < 1.29 is 9.90 Å². The fourth-order valence-electron chi connectivity index (χ4n) is 2.34. The Hall–Kier alpha value is -1.65. The van der Waals surface area contributed by atoms with Gasteiger partial charge in [0, 0.05) is 18.4 Å². The number of aromatic nitrogens is 2. The molecule has 0 saturated heterocycles. The maximum absolute atomic E-state index is 11.2. The summed E-state index contributed by atoms with van der Waals surface area (Å²) in [6, 6.07) is -0.0355. The number of anilines is 1. The molecule has 0 aromatic carbocycles. The predicted octanol–water partition coefficient (Wildman–Crippen LogP) is 1.92. The molecule has 0 bridgehead atoms. The minimum atomic E-state index is -0.715. The van der Waals surface area contributed by atoms with Gasteiger partial charge in [-0.2, -0.15) is 0 Å². The van der Waals surface area contributed by atoms with E-state index in [1.165, 1.54) is 0 Å². The van der Waals surface area contributed by atoms with Gasteiger partial charge in [0.25, 0.3) is 0 Å². The van der Waals surface area contributed by atoms with Gasteiger partial charge in [0.2, 0.25) is 0 Å². The molecule has 17 heavy (non-hydrogen) atoms. The molecule has 1 heterocycles. The Morgan fingerprint density at radius 2 is 2.12 bits per heavy atom. The molecule has 1 aliphatic carbocycles. The van der Waals surface area contributed by atoms with E-state index in [0.29, 0.717) is 5.82 Å². The smallest absolute Gasteiger partial charge is 0.308 e. The second-order valence-electron chi connectivity index (χ2n) is 4.42. The molecule has 92 valence electrons. The van der Waals surface area contributed by atoms with Crippen LogP contribution in [0.5, 0.6) is 0 Å². The lowest BCUT2D eigenvalue weighted by molar-refractivity contribution is -0.142. The first-order valence-corrected chi connectivity index (χ1v) is 6.03. The van der Waals surface area contributed by atoms with E-state index < -0.39 is 5.97 Å². The Morgan fingerprint density at radius 1 is 1.29 bits per heavy atom. The molecule has 1 aromatic heterocycles. The summed E-state index contributed by atoms with van der Waals surface area (Å²) in [5, 5.41) is 12.4. The third kappa shape index (κ3) is 3.15. The van der Waals surface area contributed by atoms with Crippen molar-refractivity contribution >= 4 is 11.8 Å². The quantitative estimate of drug-likeness (QED) is 0.783. The van der Waals surface area contributed by atoms with Crippen LogP contribution in [0.1, 0.15) is 32.1 Å². The second-order valence-corrected chi connectivity index (χ2v) is 4.42. The number of hydrogen-bond donors (Lipinski definition) is 2. The van der Waals surface area contributed by atoms with Gasteiger partial charge in [-0.25, -0.2) is 4.98 Å². The van der Waals surface area contributed by atoms with Crippen LogP contribution in [-0.2, 0) is 4.79 Å². The van der Waals surface area contributed by atoms with Gasteiger partial charge in [-0.05, 0) is 12.8 Å². The van der Waals surface area contributed by atoms with Crippen LogP contribution in [0.3, 0.4) is 0 Å². The van der Waals surface area contributed by atoms with E-state index in [-0.39, 0.29) is 12.0 Å². The number of hydrogen-bond acceptors (Lipinski definition) is 4. The van der Waals surface area contributed by atoms with Crippen LogP contribution in [0, 0.1) is 5.92 Å². The molecular weight excluding hydrogens is 218 g/mol. The first-order valence-electron chi connectivity index (χ1n) is 6.03. The average molecular weight is 235 g/mol. The van der Waals surface area contributed by atoms with Crippen LogP contribution in [0.15, 0.2) is 18.6 Å². The number of rotatable bonds is 3. The molecule has 2 N–H and O–H groups in total. The monoisotopic (exact) mass is 235 g/mol. The van der Waals surface area contributed by atoms with Crippen molar-refractivity contribution in [2.45, 2.75) is 38.1 Å². The molecule has 0 aliphatic heterocycles. The minimum absolute atomic E-state index is 0.0355. The summed E-state index contributed by atoms with van der Waals surface area (Å²) in [5.74, 6) is -0.376.